The van der Waals surface area contributed by atoms with Gasteiger partial charge in [-0.3, -0.25) is 0 Å². The molecule has 0 aliphatic carbocycles. The minimum absolute atomic E-state index is 0.387. The predicted molar refractivity (Wildman–Crippen MR) is 136 cm³/mol. The Morgan fingerprint density at radius 1 is 0.654 bits per heavy atom. The van der Waals surface area contributed by atoms with Crippen LogP contribution in [-0.2, 0) is 0 Å². The van der Waals surface area contributed by atoms with Crippen molar-refractivity contribution in [2.45, 2.75) is 77.7 Å². The molecule has 2 atom stereocenters. The van der Waals surface area contributed by atoms with E-state index in [2.05, 4.69) is 114 Å². The van der Waals surface area contributed by atoms with E-state index in [9.17, 15) is 0 Å². The molecule has 158 valence electrons. The lowest BCUT2D eigenvalue weighted by atomic mass is 9.63. The fraction of sp³-hybridized carbons (Fsp3) is 1.00. The van der Waals surface area contributed by atoms with E-state index >= 15 is 0 Å². The molecule has 0 saturated heterocycles. The largest absolute Gasteiger partial charge is 0.165 e. The van der Waals surface area contributed by atoms with Gasteiger partial charge in [-0.15, -0.1) is 0 Å². The first-order valence-electron chi connectivity index (χ1n) is 10.3. The van der Waals surface area contributed by atoms with Crippen LogP contribution in [0.25, 0.3) is 0 Å². The zero-order valence-electron chi connectivity index (χ0n) is 19.2. The molecule has 0 N–H and O–H groups in total. The van der Waals surface area contributed by atoms with Gasteiger partial charge in [0.15, 0.2) is 0 Å². The number of rotatable bonds is 15. The first-order chi connectivity index (χ1) is 12.3. The third-order valence-corrected chi connectivity index (χ3v) is 10.7. The Balaban J connectivity index is 6.34. The van der Waals surface area contributed by atoms with Crippen molar-refractivity contribution in [2.24, 2.45) is 22.7 Å². The molecule has 0 fully saturated rings. The molecule has 0 aromatic heterocycles. The maximum Gasteiger partial charge on any atom is 0.0238 e. The lowest BCUT2D eigenvalue weighted by Crippen LogP contribution is -2.54. The van der Waals surface area contributed by atoms with Crippen LogP contribution in [0.1, 0.15) is 67.2 Å². The average molecular weight is 439 g/mol. The Bertz CT molecular complexity index is 329. The molecule has 0 spiro atoms. The van der Waals surface area contributed by atoms with E-state index in [1.54, 1.807) is 0 Å². The Hall–Kier alpha value is 1.40. The second-order valence-corrected chi connectivity index (χ2v) is 12.2. The van der Waals surface area contributed by atoms with Gasteiger partial charge < -0.3 is 0 Å². The van der Waals surface area contributed by atoms with Gasteiger partial charge in [-0.25, -0.2) is 0 Å². The average Bonchev–Trinajstić information content (AvgIpc) is 2.57. The van der Waals surface area contributed by atoms with Gasteiger partial charge in [-0.2, -0.15) is 47.0 Å². The predicted octanol–water partition coefficient (Wildman–Crippen LogP) is 8.06. The van der Waals surface area contributed by atoms with Crippen LogP contribution in [0, 0.1) is 22.7 Å². The summed E-state index contributed by atoms with van der Waals surface area (Å²) < 4.78 is 0. The highest BCUT2D eigenvalue weighted by Crippen LogP contribution is 2.55. The van der Waals surface area contributed by atoms with Crippen molar-refractivity contribution in [3.8, 4) is 0 Å². The zero-order valence-corrected chi connectivity index (χ0v) is 22.5. The molecule has 0 rings (SSSR count). The molecule has 0 amide bonds. The number of hydrogen-bond donors (Lipinski definition) is 0. The summed E-state index contributed by atoms with van der Waals surface area (Å²) in [5.74, 6) is 4.00. The minimum Gasteiger partial charge on any atom is -0.165 e. The molecule has 26 heavy (non-hydrogen) atoms. The van der Waals surface area contributed by atoms with E-state index in [0.29, 0.717) is 27.9 Å². The summed E-state index contributed by atoms with van der Waals surface area (Å²) in [6.07, 6.45) is 14.7. The SMILES string of the molecule is CCCC(CCC)(CSC)C(SC)C(SC)C(CSC)(C(C)C)C(C)C. The monoisotopic (exact) mass is 438 g/mol. The summed E-state index contributed by atoms with van der Waals surface area (Å²) in [5.41, 5.74) is 0.848. The van der Waals surface area contributed by atoms with Gasteiger partial charge in [0.25, 0.3) is 0 Å². The highest BCUT2D eigenvalue weighted by molar-refractivity contribution is 8.03. The maximum absolute atomic E-state index is 2.48. The summed E-state index contributed by atoms with van der Waals surface area (Å²) in [4.78, 5) is 0. The fourth-order valence-electron chi connectivity index (χ4n) is 5.23. The highest BCUT2D eigenvalue weighted by atomic mass is 32.2. The van der Waals surface area contributed by atoms with Crippen LogP contribution in [0.5, 0.6) is 0 Å². The van der Waals surface area contributed by atoms with E-state index < -0.39 is 0 Å². The summed E-state index contributed by atoms with van der Waals surface area (Å²) in [7, 11) is 0. The molecule has 0 aliphatic heterocycles. The Morgan fingerprint density at radius 2 is 1.08 bits per heavy atom. The highest BCUT2D eigenvalue weighted by Gasteiger charge is 2.52. The lowest BCUT2D eigenvalue weighted by Gasteiger charge is -2.54. The van der Waals surface area contributed by atoms with Gasteiger partial charge in [0.2, 0.25) is 0 Å². The van der Waals surface area contributed by atoms with Crippen LogP contribution >= 0.6 is 47.0 Å². The molecular weight excluding hydrogens is 393 g/mol. The first-order valence-corrected chi connectivity index (χ1v) is 15.7. The fourth-order valence-corrected chi connectivity index (χ4v) is 11.4. The molecule has 0 aliphatic rings. The van der Waals surface area contributed by atoms with Gasteiger partial charge in [0, 0.05) is 16.3 Å². The first kappa shape index (κ1) is 27.4. The molecule has 0 heterocycles. The summed E-state index contributed by atoms with van der Waals surface area (Å²) in [6.45, 7) is 14.7. The van der Waals surface area contributed by atoms with Crippen molar-refractivity contribution >= 4 is 47.0 Å². The molecule has 0 saturated carbocycles. The Labute approximate surface area is 183 Å². The van der Waals surface area contributed by atoms with Crippen molar-refractivity contribution in [1.82, 2.24) is 0 Å². The van der Waals surface area contributed by atoms with Crippen LogP contribution in [0.3, 0.4) is 0 Å². The molecule has 0 nitrogen and oxygen atoms in total. The topological polar surface area (TPSA) is 0 Å². The van der Waals surface area contributed by atoms with E-state index in [1.807, 2.05) is 0 Å². The molecule has 0 radical (unpaired) electrons. The van der Waals surface area contributed by atoms with Gasteiger partial charge in [-0.1, -0.05) is 54.4 Å². The molecule has 0 aromatic carbocycles. The van der Waals surface area contributed by atoms with Crippen molar-refractivity contribution in [3.05, 3.63) is 0 Å². The van der Waals surface area contributed by atoms with Gasteiger partial charge in [0.05, 0.1) is 0 Å². The van der Waals surface area contributed by atoms with Crippen molar-refractivity contribution in [2.75, 3.05) is 36.5 Å². The number of thioether (sulfide) groups is 4. The molecule has 4 heteroatoms. The summed E-state index contributed by atoms with van der Waals surface area (Å²) in [6, 6.07) is 0. The second kappa shape index (κ2) is 13.6. The van der Waals surface area contributed by atoms with Gasteiger partial charge >= 0.3 is 0 Å². The third kappa shape index (κ3) is 6.20. The maximum atomic E-state index is 2.48. The van der Waals surface area contributed by atoms with Gasteiger partial charge in [-0.05, 0) is 66.3 Å². The van der Waals surface area contributed by atoms with Crippen molar-refractivity contribution < 1.29 is 0 Å². The van der Waals surface area contributed by atoms with E-state index in [-0.39, 0.29) is 0 Å². The molecule has 0 aromatic rings. The standard InChI is InChI=1S/C22H46S4/c1-11-13-21(14-12-2,15-23-7)19(25-9)20(26-10)22(16-24-8,17(3)4)18(5)6/h17-20H,11-16H2,1-10H3. The minimum atomic E-state index is 0.387. The lowest BCUT2D eigenvalue weighted by molar-refractivity contribution is 0.111. The van der Waals surface area contributed by atoms with Crippen molar-refractivity contribution in [3.63, 3.8) is 0 Å². The smallest absolute Gasteiger partial charge is 0.0238 e. The molecular formula is C22H46S4. The third-order valence-electron chi connectivity index (χ3n) is 6.39. The Morgan fingerprint density at radius 3 is 1.35 bits per heavy atom. The van der Waals surface area contributed by atoms with Gasteiger partial charge in [0.1, 0.15) is 0 Å². The van der Waals surface area contributed by atoms with Crippen molar-refractivity contribution in [1.29, 1.82) is 0 Å². The molecule has 2 unspecified atom stereocenters. The van der Waals surface area contributed by atoms with Crippen LogP contribution < -0.4 is 0 Å². The Kier molecular flexibility index (Phi) is 14.3. The van der Waals surface area contributed by atoms with Crippen LogP contribution in [0.4, 0.5) is 0 Å². The number of hydrogen-bond acceptors (Lipinski definition) is 4. The van der Waals surface area contributed by atoms with E-state index in [0.717, 1.165) is 5.25 Å². The second-order valence-electron chi connectivity index (χ2n) is 8.46. The molecule has 0 bridgehead atoms. The normalized spacial score (nSPS) is 15.7. The summed E-state index contributed by atoms with van der Waals surface area (Å²) in [5, 5.41) is 1.43. The van der Waals surface area contributed by atoms with E-state index in [1.165, 1.54) is 37.2 Å². The summed E-state index contributed by atoms with van der Waals surface area (Å²) >= 11 is 8.47. The van der Waals surface area contributed by atoms with Crippen LogP contribution in [0.2, 0.25) is 0 Å². The zero-order chi connectivity index (χ0) is 20.4. The van der Waals surface area contributed by atoms with E-state index in [4.69, 9.17) is 0 Å². The quantitative estimate of drug-likeness (QED) is 0.253. The van der Waals surface area contributed by atoms with Crippen LogP contribution in [0.15, 0.2) is 0 Å². The van der Waals surface area contributed by atoms with Crippen LogP contribution in [-0.4, -0.2) is 47.0 Å².